The highest BCUT2D eigenvalue weighted by Crippen LogP contribution is 2.42. The van der Waals surface area contributed by atoms with Gasteiger partial charge in [-0.25, -0.2) is 14.3 Å². The number of hydrogen-bond donors (Lipinski definition) is 3. The summed E-state index contributed by atoms with van der Waals surface area (Å²) in [6, 6.07) is -1.07. The van der Waals surface area contributed by atoms with E-state index in [1.807, 2.05) is 0 Å². The lowest BCUT2D eigenvalue weighted by Gasteiger charge is -2.49. The molecule has 4 N–H and O–H groups in total. The number of oxime groups is 1. The molecule has 0 spiro atoms. The van der Waals surface area contributed by atoms with Crippen molar-refractivity contribution in [2.24, 2.45) is 10.6 Å². The molecule has 282 valence electrons. The van der Waals surface area contributed by atoms with E-state index >= 15 is 0 Å². The van der Waals surface area contributed by atoms with Gasteiger partial charge >= 0.3 is 18.0 Å². The van der Waals surface area contributed by atoms with Gasteiger partial charge in [0, 0.05) is 29.6 Å². The minimum absolute atomic E-state index is 0.0114. The number of esters is 2. The number of tetrazole rings is 1. The summed E-state index contributed by atoms with van der Waals surface area (Å²) in [5, 5.41) is 20.6. The number of nitrogens with one attached hydrogen (secondary N) is 2. The van der Waals surface area contributed by atoms with E-state index in [0.29, 0.717) is 10.7 Å². The third-order valence-corrected chi connectivity index (χ3v) is 9.53. The number of ether oxygens (including phenoxy) is 3. The van der Waals surface area contributed by atoms with Crippen LogP contribution >= 0.6 is 35.1 Å². The number of anilines is 1. The topological polar surface area (TPSA) is 257 Å². The van der Waals surface area contributed by atoms with Crippen molar-refractivity contribution in [1.29, 1.82) is 0 Å². The molecule has 23 heteroatoms. The molecule has 2 unspecified atom stereocenters. The molecular formula is C29H39N11O9S3. The maximum absolute atomic E-state index is 13.6. The van der Waals surface area contributed by atoms with Gasteiger partial charge in [-0.1, -0.05) is 29.6 Å². The number of nitrogens with two attached hydrogens (primary N) is 1. The van der Waals surface area contributed by atoms with Crippen molar-refractivity contribution in [3.05, 3.63) is 29.7 Å². The molecule has 52 heavy (non-hydrogen) atoms. The fourth-order valence-corrected chi connectivity index (χ4v) is 7.08. The number of amides is 3. The van der Waals surface area contributed by atoms with Crippen molar-refractivity contribution in [2.45, 2.75) is 70.3 Å². The van der Waals surface area contributed by atoms with E-state index in [-0.39, 0.29) is 53.6 Å². The third kappa shape index (κ3) is 10.4. The van der Waals surface area contributed by atoms with Gasteiger partial charge in [-0.05, 0) is 57.5 Å². The predicted molar refractivity (Wildman–Crippen MR) is 188 cm³/mol. The van der Waals surface area contributed by atoms with Crippen LogP contribution < -0.4 is 16.4 Å². The zero-order valence-corrected chi connectivity index (χ0v) is 31.7. The molecule has 0 saturated carbocycles. The molecule has 2 atom stereocenters. The fourth-order valence-electron chi connectivity index (χ4n) is 4.25. The number of hydrogen-bond acceptors (Lipinski definition) is 19. The number of carbonyl (C=O) groups excluding carboxylic acids is 5. The van der Waals surface area contributed by atoms with Crippen LogP contribution in [0.15, 0.2) is 34.2 Å². The molecule has 0 bridgehead atoms. The van der Waals surface area contributed by atoms with E-state index in [4.69, 9.17) is 24.8 Å². The zero-order valence-electron chi connectivity index (χ0n) is 29.2. The SMILES string of the molecule is C=CCO/N=C(/C(=O)NC1C(=O)N2C(C(=O)OCOC(=O)C(C)(C)C)=C(CSc3nnnn3CCNC(=O)OC(C)(C)C)CSC12)c1nsc(N)n1. The molecule has 1 saturated heterocycles. The molecule has 0 radical (unpaired) electrons. The second-order valence-electron chi connectivity index (χ2n) is 12.9. The highest BCUT2D eigenvalue weighted by Gasteiger charge is 2.55. The Morgan fingerprint density at radius 3 is 2.58 bits per heavy atom. The summed E-state index contributed by atoms with van der Waals surface area (Å²) in [5.41, 5.74) is 4.31. The number of nitrogens with zero attached hydrogens (tertiary/aromatic N) is 8. The van der Waals surface area contributed by atoms with Gasteiger partial charge in [0.2, 0.25) is 23.5 Å². The van der Waals surface area contributed by atoms with Gasteiger partial charge < -0.3 is 35.4 Å². The van der Waals surface area contributed by atoms with Gasteiger partial charge in [0.25, 0.3) is 11.8 Å². The van der Waals surface area contributed by atoms with Gasteiger partial charge in [-0.3, -0.25) is 19.3 Å². The fraction of sp³-hybridized carbons (Fsp3) is 0.552. The molecule has 2 aliphatic heterocycles. The smallest absolute Gasteiger partial charge is 0.407 e. The zero-order chi connectivity index (χ0) is 38.2. The van der Waals surface area contributed by atoms with Crippen LogP contribution in [0.25, 0.3) is 0 Å². The summed E-state index contributed by atoms with van der Waals surface area (Å²) in [4.78, 5) is 75.1. The number of fused-ring (bicyclic) bond motifs is 1. The summed E-state index contributed by atoms with van der Waals surface area (Å²) in [5.74, 6) is -2.62. The van der Waals surface area contributed by atoms with Crippen LogP contribution in [-0.4, -0.2) is 118 Å². The van der Waals surface area contributed by atoms with E-state index in [9.17, 15) is 24.0 Å². The normalized spacial score (nSPS) is 17.5. The first-order valence-electron chi connectivity index (χ1n) is 15.6. The van der Waals surface area contributed by atoms with Crippen molar-refractivity contribution in [1.82, 2.24) is 45.1 Å². The van der Waals surface area contributed by atoms with Crippen molar-refractivity contribution >= 4 is 75.7 Å². The van der Waals surface area contributed by atoms with Crippen molar-refractivity contribution in [2.75, 3.05) is 37.2 Å². The Hall–Kier alpha value is -4.77. The van der Waals surface area contributed by atoms with Crippen LogP contribution in [0.5, 0.6) is 0 Å². The Bertz CT molecular complexity index is 1750. The minimum atomic E-state index is -1.07. The second kappa shape index (κ2) is 17.2. The summed E-state index contributed by atoms with van der Waals surface area (Å²) in [7, 11) is 0. The molecule has 20 nitrogen and oxygen atoms in total. The Kier molecular flexibility index (Phi) is 13.2. The molecule has 0 aromatic carbocycles. The van der Waals surface area contributed by atoms with Crippen LogP contribution in [0.4, 0.5) is 9.93 Å². The maximum atomic E-state index is 13.6. The summed E-state index contributed by atoms with van der Waals surface area (Å²) < 4.78 is 21.2. The Morgan fingerprint density at radius 1 is 1.17 bits per heavy atom. The van der Waals surface area contributed by atoms with Crippen molar-refractivity contribution < 1.29 is 43.0 Å². The van der Waals surface area contributed by atoms with Gasteiger partial charge in [0.1, 0.15) is 29.3 Å². The molecule has 3 amide bonds. The molecule has 4 heterocycles. The van der Waals surface area contributed by atoms with E-state index in [2.05, 4.69) is 47.3 Å². The molecule has 2 aromatic heterocycles. The summed E-state index contributed by atoms with van der Waals surface area (Å²) in [6.07, 6.45) is 0.832. The van der Waals surface area contributed by atoms with Crippen LogP contribution in [0.1, 0.15) is 47.4 Å². The van der Waals surface area contributed by atoms with E-state index in [0.717, 1.165) is 11.5 Å². The van der Waals surface area contributed by atoms with Gasteiger partial charge in [-0.15, -0.1) is 16.9 Å². The number of thioether (sulfide) groups is 2. The predicted octanol–water partition coefficient (Wildman–Crippen LogP) is 1.07. The number of aromatic nitrogens is 6. The lowest BCUT2D eigenvalue weighted by atomic mass is 9.98. The van der Waals surface area contributed by atoms with Crippen molar-refractivity contribution in [3.63, 3.8) is 0 Å². The highest BCUT2D eigenvalue weighted by atomic mass is 32.2. The van der Waals surface area contributed by atoms with Gasteiger partial charge in [-0.2, -0.15) is 9.36 Å². The summed E-state index contributed by atoms with van der Waals surface area (Å²) >= 11 is 3.33. The number of nitrogen functional groups attached to an aromatic ring is 1. The van der Waals surface area contributed by atoms with E-state index in [1.54, 1.807) is 41.5 Å². The molecule has 0 aliphatic carbocycles. The average molecular weight is 782 g/mol. The lowest BCUT2D eigenvalue weighted by molar-refractivity contribution is -0.173. The minimum Gasteiger partial charge on any atom is -0.444 e. The standard InChI is InChI=1S/C29H39N11O9S3/c1-8-11-48-35-16(19-33-25(30)52-36-19)20(41)32-17-21(42)40-18(23(43)46-14-47-24(44)28(2,3)4)15(12-50-22(17)40)13-51-26-34-37-38-39(26)10-9-31-27(45)49-29(5,6)7/h8,17,22H,1,9-14H2,2-7H3,(H,31,45)(H,32,41)(H2,30,33,36)/b35-16+. The van der Waals surface area contributed by atoms with Crippen LogP contribution in [0.2, 0.25) is 0 Å². The highest BCUT2D eigenvalue weighted by molar-refractivity contribution is 8.01. The van der Waals surface area contributed by atoms with Gasteiger partial charge in [0.15, 0.2) is 5.13 Å². The average Bonchev–Trinajstić information content (AvgIpc) is 3.70. The number of alkyl carbamates (subject to hydrolysis) is 1. The number of β-lactam (4-membered cyclic amide) rings is 1. The molecule has 2 aliphatic rings. The monoisotopic (exact) mass is 781 g/mol. The van der Waals surface area contributed by atoms with E-state index < -0.39 is 59.1 Å². The largest absolute Gasteiger partial charge is 0.444 e. The Morgan fingerprint density at radius 2 is 1.92 bits per heavy atom. The van der Waals surface area contributed by atoms with Gasteiger partial charge in [0.05, 0.1) is 12.0 Å². The molecule has 4 rings (SSSR count). The first kappa shape index (κ1) is 40.0. The first-order valence-corrected chi connectivity index (χ1v) is 18.4. The number of rotatable bonds is 15. The second-order valence-corrected chi connectivity index (χ2v) is 15.8. The molecular weight excluding hydrogens is 743 g/mol. The third-order valence-electron chi connectivity index (χ3n) is 6.60. The summed E-state index contributed by atoms with van der Waals surface area (Å²) in [6.45, 7) is 13.4. The maximum Gasteiger partial charge on any atom is 0.407 e. The first-order chi connectivity index (χ1) is 24.5. The Balaban J connectivity index is 1.50. The van der Waals surface area contributed by atoms with Crippen LogP contribution in [0.3, 0.4) is 0 Å². The lowest BCUT2D eigenvalue weighted by Crippen LogP contribution is -2.71. The molecule has 1 fully saturated rings. The quantitative estimate of drug-likeness (QED) is 0.0334. The number of carbonyl (C=O) groups is 5. The van der Waals surface area contributed by atoms with E-state index in [1.165, 1.54) is 39.2 Å². The van der Waals surface area contributed by atoms with Crippen LogP contribution in [0, 0.1) is 5.41 Å². The Labute approximate surface area is 310 Å². The molecule has 2 aromatic rings. The van der Waals surface area contributed by atoms with Crippen molar-refractivity contribution in [3.8, 4) is 0 Å². The van der Waals surface area contributed by atoms with Crippen LogP contribution in [-0.2, 0) is 44.8 Å².